The summed E-state index contributed by atoms with van der Waals surface area (Å²) in [5.74, 6) is 2.92. The molecule has 4 aromatic carbocycles. The van der Waals surface area contributed by atoms with Crippen LogP contribution in [0.4, 0.5) is 0 Å². The fraction of sp³-hybridized carbons (Fsp3) is 0.0789. The van der Waals surface area contributed by atoms with E-state index in [9.17, 15) is 0 Å². The Morgan fingerprint density at radius 2 is 1.59 bits per heavy atom. The number of para-hydroxylation sites is 1. The molecular weight excluding hydrogens is 637 g/mol. The average Bonchev–Trinajstić information content (AvgIpc) is 3.37. The molecule has 3 aromatic heterocycles. The van der Waals surface area contributed by atoms with Gasteiger partial charge in [0, 0.05) is 65.6 Å². The van der Waals surface area contributed by atoms with Crippen LogP contribution in [0.1, 0.15) is 25.0 Å². The van der Waals surface area contributed by atoms with E-state index in [0.717, 1.165) is 61.5 Å². The second-order valence-corrected chi connectivity index (χ2v) is 11.3. The minimum absolute atomic E-state index is 0. The molecule has 0 aliphatic carbocycles. The fourth-order valence-electron chi connectivity index (χ4n) is 6.30. The number of aromatic nitrogens is 3. The molecule has 218 valence electrons. The standard InChI is InChI=1S/C38H27N3O2.Pd/c1-38(2)31-16-4-5-18-33(31)43-34-20-19-29-30-15-10-22-40(3)37(30)41(36(29)35(34)38)26-12-9-14-28(24-26)42-27-13-8-11-25(23-27)32-17-6-7-21-39-32;/h4-22H,3H2,1-2H3;/q-2;. The van der Waals surface area contributed by atoms with Gasteiger partial charge in [-0.15, -0.1) is 35.9 Å². The van der Waals surface area contributed by atoms with Crippen LogP contribution in [0.25, 0.3) is 38.9 Å². The van der Waals surface area contributed by atoms with Crippen LogP contribution in [-0.4, -0.2) is 9.55 Å². The summed E-state index contributed by atoms with van der Waals surface area (Å²) in [5.41, 5.74) is 6.51. The Bertz CT molecular complexity index is 2190. The molecule has 0 bridgehead atoms. The number of hydrogen-bond donors (Lipinski definition) is 0. The van der Waals surface area contributed by atoms with Crippen LogP contribution >= 0.6 is 0 Å². The SMILES string of the molecule is [CH2-][n+]1cccc2c3ccc4c(c3n(-c3[c-]c(Oc5[c-]c(-c6ccccn6)ccc5)ccc3)c21)C(C)(C)c1ccccc1O4.[Pd]. The van der Waals surface area contributed by atoms with Crippen LogP contribution in [-0.2, 0) is 25.8 Å². The van der Waals surface area contributed by atoms with E-state index in [1.807, 2.05) is 77.5 Å². The molecule has 1 aliphatic rings. The number of rotatable bonds is 4. The van der Waals surface area contributed by atoms with Crippen LogP contribution in [0, 0.1) is 19.2 Å². The van der Waals surface area contributed by atoms with Gasteiger partial charge in [0.15, 0.2) is 5.65 Å². The Morgan fingerprint density at radius 3 is 2.43 bits per heavy atom. The molecule has 7 aromatic rings. The van der Waals surface area contributed by atoms with Gasteiger partial charge in [-0.25, -0.2) is 0 Å². The zero-order valence-electron chi connectivity index (χ0n) is 24.2. The quantitative estimate of drug-likeness (QED) is 0.108. The van der Waals surface area contributed by atoms with Gasteiger partial charge in [-0.1, -0.05) is 68.4 Å². The van der Waals surface area contributed by atoms with Crippen LogP contribution < -0.4 is 14.0 Å². The first kappa shape index (κ1) is 27.9. The van der Waals surface area contributed by atoms with Crippen molar-refractivity contribution < 1.29 is 34.5 Å². The van der Waals surface area contributed by atoms with E-state index in [1.165, 1.54) is 0 Å². The first-order valence-corrected chi connectivity index (χ1v) is 14.2. The van der Waals surface area contributed by atoms with Crippen molar-refractivity contribution >= 4 is 21.9 Å². The van der Waals surface area contributed by atoms with Crippen molar-refractivity contribution in [3.8, 4) is 39.9 Å². The topological polar surface area (TPSA) is 40.2 Å². The van der Waals surface area contributed by atoms with E-state index < -0.39 is 0 Å². The summed E-state index contributed by atoms with van der Waals surface area (Å²) in [6, 6.07) is 41.2. The zero-order chi connectivity index (χ0) is 29.1. The molecule has 0 saturated heterocycles. The molecule has 0 radical (unpaired) electrons. The van der Waals surface area contributed by atoms with E-state index in [4.69, 9.17) is 9.47 Å². The number of nitrogens with zero attached hydrogens (tertiary/aromatic N) is 3. The van der Waals surface area contributed by atoms with Crippen molar-refractivity contribution in [1.29, 1.82) is 0 Å². The maximum absolute atomic E-state index is 6.51. The monoisotopic (exact) mass is 663 g/mol. The third-order valence-corrected chi connectivity index (χ3v) is 8.24. The molecule has 0 amide bonds. The minimum Gasteiger partial charge on any atom is -0.503 e. The fourth-order valence-corrected chi connectivity index (χ4v) is 6.30. The molecular formula is C38H27N3O2Pd-2. The van der Waals surface area contributed by atoms with Crippen molar-refractivity contribution in [2.75, 3.05) is 0 Å². The average molecular weight is 664 g/mol. The minimum atomic E-state index is -0.323. The maximum atomic E-state index is 6.51. The Balaban J connectivity index is 0.00000312. The molecule has 6 heteroatoms. The van der Waals surface area contributed by atoms with Crippen LogP contribution in [0.3, 0.4) is 0 Å². The summed E-state index contributed by atoms with van der Waals surface area (Å²) in [5, 5.41) is 2.22. The van der Waals surface area contributed by atoms with Gasteiger partial charge in [-0.05, 0) is 43.2 Å². The predicted molar refractivity (Wildman–Crippen MR) is 168 cm³/mol. The molecule has 4 heterocycles. The smallest absolute Gasteiger partial charge is 0.190 e. The molecule has 44 heavy (non-hydrogen) atoms. The summed E-state index contributed by atoms with van der Waals surface area (Å²) in [4.78, 5) is 4.46. The summed E-state index contributed by atoms with van der Waals surface area (Å²) in [7, 11) is 4.35. The van der Waals surface area contributed by atoms with Gasteiger partial charge in [0.25, 0.3) is 0 Å². The van der Waals surface area contributed by atoms with Gasteiger partial charge in [0.1, 0.15) is 17.0 Å². The van der Waals surface area contributed by atoms with Crippen LogP contribution in [0.5, 0.6) is 23.0 Å². The zero-order valence-corrected chi connectivity index (χ0v) is 25.7. The number of fused-ring (bicyclic) bond motifs is 6. The third-order valence-electron chi connectivity index (χ3n) is 8.24. The largest absolute Gasteiger partial charge is 0.503 e. The molecule has 0 fully saturated rings. The van der Waals surface area contributed by atoms with E-state index in [2.05, 4.69) is 79.0 Å². The van der Waals surface area contributed by atoms with Gasteiger partial charge < -0.3 is 19.0 Å². The molecule has 0 N–H and O–H groups in total. The van der Waals surface area contributed by atoms with E-state index in [1.54, 1.807) is 6.20 Å². The second-order valence-electron chi connectivity index (χ2n) is 11.3. The van der Waals surface area contributed by atoms with Gasteiger partial charge in [-0.3, -0.25) is 4.57 Å². The van der Waals surface area contributed by atoms with Crippen LogP contribution in [0.2, 0.25) is 0 Å². The van der Waals surface area contributed by atoms with Crippen molar-refractivity contribution in [2.24, 2.45) is 0 Å². The number of ether oxygens (including phenoxy) is 2. The van der Waals surface area contributed by atoms with Gasteiger partial charge in [0.2, 0.25) is 0 Å². The molecule has 1 aliphatic heterocycles. The molecule has 5 nitrogen and oxygen atoms in total. The molecule has 0 atom stereocenters. The molecule has 0 saturated carbocycles. The Hall–Kier alpha value is -4.89. The molecule has 0 spiro atoms. The number of hydrogen-bond acceptors (Lipinski definition) is 3. The third kappa shape index (κ3) is 4.38. The van der Waals surface area contributed by atoms with Crippen molar-refractivity contribution in [3.05, 3.63) is 146 Å². The van der Waals surface area contributed by atoms with Gasteiger partial charge in [-0.2, -0.15) is 6.07 Å². The number of benzene rings is 4. The predicted octanol–water partition coefficient (Wildman–Crippen LogP) is 8.59. The Labute approximate surface area is 270 Å². The second kappa shape index (κ2) is 10.7. The first-order valence-electron chi connectivity index (χ1n) is 14.2. The Kier molecular flexibility index (Phi) is 6.78. The molecule has 8 rings (SSSR count). The summed E-state index contributed by atoms with van der Waals surface area (Å²) in [6.45, 7) is 4.53. The van der Waals surface area contributed by atoms with Gasteiger partial charge >= 0.3 is 0 Å². The van der Waals surface area contributed by atoms with E-state index in [0.29, 0.717) is 11.5 Å². The summed E-state index contributed by atoms with van der Waals surface area (Å²) in [6.07, 6.45) is 3.75. The van der Waals surface area contributed by atoms with E-state index in [-0.39, 0.29) is 25.8 Å². The van der Waals surface area contributed by atoms with Gasteiger partial charge in [0.05, 0.1) is 5.56 Å². The van der Waals surface area contributed by atoms with Crippen molar-refractivity contribution in [2.45, 2.75) is 19.3 Å². The summed E-state index contributed by atoms with van der Waals surface area (Å²) < 4.78 is 17.0. The van der Waals surface area contributed by atoms with Crippen molar-refractivity contribution in [1.82, 2.24) is 9.55 Å². The molecule has 0 unspecified atom stereocenters. The van der Waals surface area contributed by atoms with Crippen LogP contribution in [0.15, 0.2) is 116 Å². The van der Waals surface area contributed by atoms with E-state index >= 15 is 0 Å². The number of pyridine rings is 2. The Morgan fingerprint density at radius 1 is 0.795 bits per heavy atom. The maximum Gasteiger partial charge on any atom is 0.190 e. The summed E-state index contributed by atoms with van der Waals surface area (Å²) >= 11 is 0. The van der Waals surface area contributed by atoms with Crippen molar-refractivity contribution in [3.63, 3.8) is 0 Å². The normalized spacial score (nSPS) is 13.0. The first-order chi connectivity index (χ1) is 21.0.